The van der Waals surface area contributed by atoms with Gasteiger partial charge in [-0.3, -0.25) is 18.2 Å². The monoisotopic (exact) mass is 379 g/mol. The number of hydrogen-bond acceptors (Lipinski definition) is 8. The second-order valence-corrected chi connectivity index (χ2v) is 5.51. The van der Waals surface area contributed by atoms with Gasteiger partial charge in [0.2, 0.25) is 0 Å². The van der Waals surface area contributed by atoms with E-state index in [0.717, 1.165) is 0 Å². The predicted molar refractivity (Wildman–Crippen MR) is 77.0 cm³/mol. The summed E-state index contributed by atoms with van der Waals surface area (Å²) in [5.74, 6) is -0.395. The van der Waals surface area contributed by atoms with Gasteiger partial charge in [-0.15, -0.1) is 0 Å². The summed E-state index contributed by atoms with van der Waals surface area (Å²) in [4.78, 5) is 0. The van der Waals surface area contributed by atoms with E-state index in [9.17, 15) is 5.11 Å². The van der Waals surface area contributed by atoms with E-state index in [4.69, 9.17) is 45.3 Å². The Bertz CT molecular complexity index is 625. The second-order valence-electron chi connectivity index (χ2n) is 3.72. The van der Waals surface area contributed by atoms with E-state index in [2.05, 4.69) is 5.32 Å². The molecule has 8 N–H and O–H groups in total. The van der Waals surface area contributed by atoms with Crippen molar-refractivity contribution in [1.29, 1.82) is 0 Å². The normalized spacial score (nSPS) is 12.3. The van der Waals surface area contributed by atoms with Crippen molar-refractivity contribution in [3.63, 3.8) is 0 Å². The number of aromatic hydroxyl groups is 2. The number of hydrogen-bond donors (Lipinski definition) is 8. The molecule has 1 rings (SSSR count). The number of benzene rings is 1. The van der Waals surface area contributed by atoms with Crippen molar-refractivity contribution in [3.8, 4) is 11.5 Å². The van der Waals surface area contributed by atoms with Gasteiger partial charge in [0.15, 0.2) is 11.5 Å². The van der Waals surface area contributed by atoms with Gasteiger partial charge in [-0.2, -0.15) is 16.8 Å². The number of phenolic OH excluding ortho intramolecular Hbond substituents is 2. The number of aliphatic hydroxyl groups excluding tert-OH is 1. The Morgan fingerprint density at radius 1 is 0.957 bits per heavy atom. The van der Waals surface area contributed by atoms with Crippen molar-refractivity contribution in [2.24, 2.45) is 0 Å². The van der Waals surface area contributed by atoms with Gasteiger partial charge >= 0.3 is 20.8 Å². The molecule has 1 unspecified atom stereocenters. The lowest BCUT2D eigenvalue weighted by Crippen LogP contribution is -2.16. The molecule has 0 spiro atoms. The molecular weight excluding hydrogens is 362 g/mol. The molecule has 0 saturated carbocycles. The van der Waals surface area contributed by atoms with Crippen LogP contribution in [0.15, 0.2) is 18.2 Å². The molecule has 0 saturated heterocycles. The highest BCUT2D eigenvalue weighted by atomic mass is 32.3. The lowest BCUT2D eigenvalue weighted by atomic mass is 10.1. The van der Waals surface area contributed by atoms with Crippen molar-refractivity contribution in [2.45, 2.75) is 6.10 Å². The molecule has 0 aliphatic rings. The standard InChI is InChI=1S/C9H13NO3.2H2O4S/c1-10-5-9(13)6-2-3-7(11)8(12)4-6;2*1-5(2,3)4/h2-4,9-13H,5H2,1H3;2*(H2,1,2,3,4). The maximum atomic E-state index is 9.48. The van der Waals surface area contributed by atoms with E-state index in [1.165, 1.54) is 12.1 Å². The Kier molecular flexibility index (Phi) is 10.6. The zero-order chi connectivity index (χ0) is 18.8. The maximum Gasteiger partial charge on any atom is 0.394 e. The van der Waals surface area contributed by atoms with Gasteiger partial charge in [-0.05, 0) is 24.7 Å². The second kappa shape index (κ2) is 10.3. The topological polar surface area (TPSA) is 222 Å². The lowest BCUT2D eigenvalue weighted by Gasteiger charge is -2.10. The molecule has 0 aliphatic carbocycles. The summed E-state index contributed by atoms with van der Waals surface area (Å²) in [6.45, 7) is 0.407. The van der Waals surface area contributed by atoms with Crippen LogP contribution in [0.3, 0.4) is 0 Å². The molecule has 0 aliphatic heterocycles. The van der Waals surface area contributed by atoms with Crippen LogP contribution in [0, 0.1) is 0 Å². The molecule has 0 heterocycles. The van der Waals surface area contributed by atoms with E-state index in [1.54, 1.807) is 13.1 Å². The Labute approximate surface area is 132 Å². The van der Waals surface area contributed by atoms with E-state index < -0.39 is 26.9 Å². The van der Waals surface area contributed by atoms with Crippen LogP contribution < -0.4 is 5.32 Å². The lowest BCUT2D eigenvalue weighted by molar-refractivity contribution is 0.177. The van der Waals surface area contributed by atoms with Crippen molar-refractivity contribution in [2.75, 3.05) is 13.6 Å². The average molecular weight is 379 g/mol. The molecular formula is C9H17NO11S2. The van der Waals surface area contributed by atoms with Crippen LogP contribution in [0.1, 0.15) is 11.7 Å². The molecule has 136 valence electrons. The zero-order valence-electron chi connectivity index (χ0n) is 11.6. The number of likely N-dealkylation sites (N-methyl/N-ethyl adjacent to an activating group) is 1. The predicted octanol–water partition coefficient (Wildman–Crippen LogP) is -0.955. The van der Waals surface area contributed by atoms with Crippen LogP contribution in [0.25, 0.3) is 0 Å². The summed E-state index contributed by atoms with van der Waals surface area (Å²) in [6, 6.07) is 4.26. The quantitative estimate of drug-likeness (QED) is 0.235. The first kappa shape index (κ1) is 23.7. The molecule has 0 amide bonds. The van der Waals surface area contributed by atoms with Crippen LogP contribution >= 0.6 is 0 Å². The maximum absolute atomic E-state index is 9.48. The minimum atomic E-state index is -4.67. The van der Waals surface area contributed by atoms with Crippen LogP contribution in [-0.4, -0.2) is 64.0 Å². The SMILES string of the molecule is CNCC(O)c1ccc(O)c(O)c1.O=S(=O)(O)O.O=S(=O)(O)O. The molecule has 14 heteroatoms. The van der Waals surface area contributed by atoms with E-state index in [-0.39, 0.29) is 11.5 Å². The summed E-state index contributed by atoms with van der Waals surface area (Å²) in [5.41, 5.74) is 0.574. The van der Waals surface area contributed by atoms with E-state index in [0.29, 0.717) is 12.1 Å². The first-order valence-corrected chi connectivity index (χ1v) is 8.18. The van der Waals surface area contributed by atoms with Gasteiger partial charge in [0.25, 0.3) is 0 Å². The van der Waals surface area contributed by atoms with Gasteiger partial charge in [-0.1, -0.05) is 6.07 Å². The highest BCUT2D eigenvalue weighted by molar-refractivity contribution is 7.80. The smallest absolute Gasteiger partial charge is 0.394 e. The minimum absolute atomic E-state index is 0.180. The first-order valence-electron chi connectivity index (χ1n) is 5.39. The molecule has 0 aromatic heterocycles. The zero-order valence-corrected chi connectivity index (χ0v) is 13.2. The average Bonchev–Trinajstić information content (AvgIpc) is 2.28. The highest BCUT2D eigenvalue weighted by Crippen LogP contribution is 2.27. The molecule has 23 heavy (non-hydrogen) atoms. The fourth-order valence-corrected chi connectivity index (χ4v) is 1.06. The van der Waals surface area contributed by atoms with Crippen LogP contribution in [0.5, 0.6) is 11.5 Å². The molecule has 1 aromatic carbocycles. The van der Waals surface area contributed by atoms with Crippen LogP contribution in [0.2, 0.25) is 0 Å². The van der Waals surface area contributed by atoms with E-state index in [1.807, 2.05) is 0 Å². The van der Waals surface area contributed by atoms with Gasteiger partial charge in [0.05, 0.1) is 6.10 Å². The Morgan fingerprint density at radius 3 is 1.65 bits per heavy atom. The van der Waals surface area contributed by atoms with E-state index >= 15 is 0 Å². The number of rotatable bonds is 3. The third-order valence-electron chi connectivity index (χ3n) is 1.78. The number of aliphatic hydroxyl groups is 1. The van der Waals surface area contributed by atoms with Gasteiger partial charge < -0.3 is 20.6 Å². The first-order chi connectivity index (χ1) is 10.1. The fourth-order valence-electron chi connectivity index (χ4n) is 1.06. The Morgan fingerprint density at radius 2 is 1.35 bits per heavy atom. The summed E-state index contributed by atoms with van der Waals surface area (Å²) in [7, 11) is -7.61. The Hall–Kier alpha value is -1.52. The largest absolute Gasteiger partial charge is 0.504 e. The minimum Gasteiger partial charge on any atom is -0.504 e. The third kappa shape index (κ3) is 20.5. The third-order valence-corrected chi connectivity index (χ3v) is 1.78. The molecule has 12 nitrogen and oxygen atoms in total. The van der Waals surface area contributed by atoms with Gasteiger partial charge in [0, 0.05) is 6.54 Å². The van der Waals surface area contributed by atoms with Crippen LogP contribution in [-0.2, 0) is 20.8 Å². The van der Waals surface area contributed by atoms with Crippen molar-refractivity contribution in [3.05, 3.63) is 23.8 Å². The molecule has 0 radical (unpaired) electrons. The van der Waals surface area contributed by atoms with Gasteiger partial charge in [-0.25, -0.2) is 0 Å². The van der Waals surface area contributed by atoms with Crippen molar-refractivity contribution < 1.29 is 50.4 Å². The Balaban J connectivity index is 0. The van der Waals surface area contributed by atoms with Crippen molar-refractivity contribution in [1.82, 2.24) is 5.32 Å². The molecule has 0 bridgehead atoms. The summed E-state index contributed by atoms with van der Waals surface area (Å²) in [5, 5.41) is 30.4. The fraction of sp³-hybridized carbons (Fsp3) is 0.333. The summed E-state index contributed by atoms with van der Waals surface area (Å²) >= 11 is 0. The highest BCUT2D eigenvalue weighted by Gasteiger charge is 2.08. The summed E-state index contributed by atoms with van der Waals surface area (Å²) in [6.07, 6.45) is -0.670. The number of phenols is 2. The summed E-state index contributed by atoms with van der Waals surface area (Å²) < 4.78 is 63.2. The molecule has 1 aromatic rings. The molecule has 0 fully saturated rings. The van der Waals surface area contributed by atoms with Crippen molar-refractivity contribution >= 4 is 20.8 Å². The number of nitrogens with one attached hydrogen (secondary N) is 1. The van der Waals surface area contributed by atoms with Crippen LogP contribution in [0.4, 0.5) is 0 Å². The van der Waals surface area contributed by atoms with Gasteiger partial charge in [0.1, 0.15) is 0 Å². The molecule has 1 atom stereocenters.